The molecular weight excluding hydrogens is 258 g/mol. The molecule has 0 aromatic rings. The van der Waals surface area contributed by atoms with Crippen molar-refractivity contribution in [1.82, 2.24) is 0 Å². The van der Waals surface area contributed by atoms with E-state index in [1.165, 1.54) is 6.42 Å². The van der Waals surface area contributed by atoms with E-state index in [2.05, 4.69) is 6.92 Å². The number of hydrogen-bond acceptors (Lipinski definition) is 3. The zero-order valence-electron chi connectivity index (χ0n) is 13.1. The molecule has 5 heteroatoms. The molecule has 20 heavy (non-hydrogen) atoms. The summed E-state index contributed by atoms with van der Waals surface area (Å²) in [4.78, 5) is 22.7. The lowest BCUT2D eigenvalue weighted by Gasteiger charge is -2.28. The topological polar surface area (TPSA) is 63.6 Å². The van der Waals surface area contributed by atoms with Crippen molar-refractivity contribution in [3.05, 3.63) is 0 Å². The number of nitrogens with zero attached hydrogens (tertiary/aromatic N) is 1. The summed E-state index contributed by atoms with van der Waals surface area (Å²) in [5.41, 5.74) is 0. The summed E-state index contributed by atoms with van der Waals surface area (Å²) in [6.45, 7) is 2.67. The third-order valence-electron chi connectivity index (χ3n) is 3.61. The van der Waals surface area contributed by atoms with Crippen LogP contribution in [0.4, 0.5) is 0 Å². The second kappa shape index (κ2) is 7.07. The monoisotopic (exact) mass is 286 g/mol. The van der Waals surface area contributed by atoms with Crippen molar-refractivity contribution in [3.8, 4) is 0 Å². The van der Waals surface area contributed by atoms with Crippen LogP contribution in [0.15, 0.2) is 0 Å². The average molecular weight is 286 g/mol. The van der Waals surface area contributed by atoms with E-state index < -0.39 is 12.1 Å². The first-order valence-electron chi connectivity index (χ1n) is 7.43. The quantitative estimate of drug-likeness (QED) is 0.519. The molecule has 5 nitrogen and oxygen atoms in total. The smallest absolute Gasteiger partial charge is 0.307 e. The average Bonchev–Trinajstić information content (AvgIpc) is 2.92. The predicted molar refractivity (Wildman–Crippen MR) is 76.2 cm³/mol. The normalized spacial score (nSPS) is 23.2. The number of carboxylic acids is 1. The summed E-state index contributed by atoms with van der Waals surface area (Å²) in [6, 6.07) is 0. The Hall–Kier alpha value is -1.10. The van der Waals surface area contributed by atoms with Crippen LogP contribution in [0, 0.1) is 11.8 Å². The second-order valence-corrected chi connectivity index (χ2v) is 6.93. The Kier molecular flexibility index (Phi) is 5.99. The van der Waals surface area contributed by atoms with Crippen LogP contribution >= 0.6 is 0 Å². The maximum atomic E-state index is 11.9. The van der Waals surface area contributed by atoms with E-state index in [0.29, 0.717) is 29.3 Å². The van der Waals surface area contributed by atoms with Crippen LogP contribution in [-0.4, -0.2) is 55.3 Å². The fourth-order valence-corrected chi connectivity index (χ4v) is 2.68. The van der Waals surface area contributed by atoms with Crippen molar-refractivity contribution >= 4 is 11.9 Å². The lowest BCUT2D eigenvalue weighted by atomic mass is 10.1. The highest BCUT2D eigenvalue weighted by atomic mass is 16.5. The Bertz CT molecular complexity index is 348. The predicted octanol–water partition coefficient (Wildman–Crippen LogP) is 1.91. The van der Waals surface area contributed by atoms with Gasteiger partial charge in [-0.2, -0.15) is 0 Å². The van der Waals surface area contributed by atoms with Gasteiger partial charge in [0.25, 0.3) is 0 Å². The Labute approximate surface area is 121 Å². The number of quaternary nitrogens is 1. The summed E-state index contributed by atoms with van der Waals surface area (Å²) in [6.07, 6.45) is 3.22. The lowest BCUT2D eigenvalue weighted by molar-refractivity contribution is -0.873. The standard InChI is InChI=1S/C15H27NO4/c1-5-6-11-7-12(11)8-15(19)20-13(9-14(17)18)10-16(2,3)4/h11-13H,5-10H2,1-4H3/p+1/t11-,12-,13?/m1/s1. The van der Waals surface area contributed by atoms with Gasteiger partial charge in [0, 0.05) is 6.42 Å². The molecule has 0 radical (unpaired) electrons. The molecule has 0 spiro atoms. The van der Waals surface area contributed by atoms with Crippen molar-refractivity contribution < 1.29 is 23.9 Å². The molecule has 0 heterocycles. The summed E-state index contributed by atoms with van der Waals surface area (Å²) < 4.78 is 5.96. The van der Waals surface area contributed by atoms with Crippen LogP contribution in [0.5, 0.6) is 0 Å². The number of carbonyl (C=O) groups is 2. The van der Waals surface area contributed by atoms with Gasteiger partial charge in [0.1, 0.15) is 6.54 Å². The first kappa shape index (κ1) is 17.0. The number of aliphatic carboxylic acids is 1. The van der Waals surface area contributed by atoms with Crippen molar-refractivity contribution in [2.45, 2.75) is 45.1 Å². The molecule has 3 atom stereocenters. The minimum absolute atomic E-state index is 0.121. The Morgan fingerprint density at radius 1 is 1.30 bits per heavy atom. The molecule has 0 amide bonds. The zero-order valence-corrected chi connectivity index (χ0v) is 13.1. The fourth-order valence-electron chi connectivity index (χ4n) is 2.68. The molecule has 116 valence electrons. The van der Waals surface area contributed by atoms with Gasteiger partial charge in [-0.1, -0.05) is 19.8 Å². The van der Waals surface area contributed by atoms with Gasteiger partial charge in [-0.05, 0) is 18.3 Å². The molecule has 1 saturated carbocycles. The van der Waals surface area contributed by atoms with Gasteiger partial charge in [-0.15, -0.1) is 0 Å². The van der Waals surface area contributed by atoms with E-state index in [-0.39, 0.29) is 12.4 Å². The third kappa shape index (κ3) is 6.89. The van der Waals surface area contributed by atoms with Crippen LogP contribution in [-0.2, 0) is 14.3 Å². The van der Waals surface area contributed by atoms with Crippen LogP contribution in [0.2, 0.25) is 0 Å². The highest BCUT2D eigenvalue weighted by molar-refractivity contribution is 5.72. The molecular formula is C15H28NO4+. The highest BCUT2D eigenvalue weighted by Gasteiger charge is 2.38. The van der Waals surface area contributed by atoms with Gasteiger partial charge in [-0.3, -0.25) is 9.59 Å². The second-order valence-electron chi connectivity index (χ2n) is 6.93. The van der Waals surface area contributed by atoms with Crippen molar-refractivity contribution in [1.29, 1.82) is 0 Å². The number of carbonyl (C=O) groups excluding carboxylic acids is 1. The van der Waals surface area contributed by atoms with Gasteiger partial charge in [0.2, 0.25) is 0 Å². The highest BCUT2D eigenvalue weighted by Crippen LogP contribution is 2.44. The molecule has 1 aliphatic rings. The summed E-state index contributed by atoms with van der Waals surface area (Å²) in [5.74, 6) is -0.0410. The molecule has 1 aliphatic carbocycles. The largest absolute Gasteiger partial charge is 0.481 e. The molecule has 1 fully saturated rings. The van der Waals surface area contributed by atoms with Gasteiger partial charge < -0.3 is 14.3 Å². The summed E-state index contributed by atoms with van der Waals surface area (Å²) >= 11 is 0. The Morgan fingerprint density at radius 3 is 2.45 bits per heavy atom. The van der Waals surface area contributed by atoms with Crippen LogP contribution in [0.25, 0.3) is 0 Å². The van der Waals surface area contributed by atoms with Crippen LogP contribution < -0.4 is 0 Å². The van der Waals surface area contributed by atoms with Crippen LogP contribution in [0.1, 0.15) is 39.0 Å². The van der Waals surface area contributed by atoms with Gasteiger partial charge in [-0.25, -0.2) is 0 Å². The number of hydrogen-bond donors (Lipinski definition) is 1. The minimum atomic E-state index is -0.925. The summed E-state index contributed by atoms with van der Waals surface area (Å²) in [5, 5.41) is 8.90. The Balaban J connectivity index is 2.40. The van der Waals surface area contributed by atoms with Crippen molar-refractivity contribution in [2.75, 3.05) is 27.7 Å². The van der Waals surface area contributed by atoms with Crippen molar-refractivity contribution in [2.24, 2.45) is 11.8 Å². The first-order chi connectivity index (χ1) is 9.21. The van der Waals surface area contributed by atoms with Gasteiger partial charge in [0.15, 0.2) is 6.10 Å². The molecule has 1 N–H and O–H groups in total. The number of esters is 1. The van der Waals surface area contributed by atoms with E-state index in [0.717, 1.165) is 12.8 Å². The number of carboxylic acid groups (broad SMARTS) is 1. The van der Waals surface area contributed by atoms with E-state index in [9.17, 15) is 9.59 Å². The maximum absolute atomic E-state index is 11.9. The van der Waals surface area contributed by atoms with Gasteiger partial charge in [0.05, 0.1) is 27.6 Å². The molecule has 1 unspecified atom stereocenters. The van der Waals surface area contributed by atoms with Gasteiger partial charge >= 0.3 is 11.9 Å². The van der Waals surface area contributed by atoms with Crippen LogP contribution in [0.3, 0.4) is 0 Å². The fraction of sp³-hybridized carbons (Fsp3) is 0.867. The summed E-state index contributed by atoms with van der Waals surface area (Å²) in [7, 11) is 5.88. The third-order valence-corrected chi connectivity index (χ3v) is 3.61. The lowest BCUT2D eigenvalue weighted by Crippen LogP contribution is -2.43. The molecule has 0 aromatic heterocycles. The molecule has 0 aliphatic heterocycles. The molecule has 0 bridgehead atoms. The van der Waals surface area contributed by atoms with E-state index >= 15 is 0 Å². The maximum Gasteiger partial charge on any atom is 0.307 e. The number of likely N-dealkylation sites (N-methyl/N-ethyl adjacent to an activating group) is 1. The van der Waals surface area contributed by atoms with E-state index in [1.807, 2.05) is 21.1 Å². The minimum Gasteiger partial charge on any atom is -0.481 e. The SMILES string of the molecule is CCC[C@@H]1C[C@@H]1CC(=O)OC(CC(=O)O)C[N+](C)(C)C. The Morgan fingerprint density at radius 2 is 1.95 bits per heavy atom. The molecule has 0 aromatic carbocycles. The zero-order chi connectivity index (χ0) is 15.3. The number of ether oxygens (including phenoxy) is 1. The van der Waals surface area contributed by atoms with E-state index in [1.54, 1.807) is 0 Å². The first-order valence-corrected chi connectivity index (χ1v) is 7.43. The molecule has 1 rings (SSSR count). The van der Waals surface area contributed by atoms with Crippen molar-refractivity contribution in [3.63, 3.8) is 0 Å². The molecule has 0 saturated heterocycles. The number of rotatable bonds is 9. The van der Waals surface area contributed by atoms with E-state index in [4.69, 9.17) is 9.84 Å².